The maximum absolute atomic E-state index is 12.4. The van der Waals surface area contributed by atoms with Gasteiger partial charge >= 0.3 is 0 Å². The monoisotopic (exact) mass is 330 g/mol. The molecule has 0 saturated carbocycles. The maximum atomic E-state index is 12.4. The minimum atomic E-state index is -0.466. The Labute approximate surface area is 140 Å². The Morgan fingerprint density at radius 1 is 1.42 bits per heavy atom. The van der Waals surface area contributed by atoms with Gasteiger partial charge in [0.15, 0.2) is 0 Å². The van der Waals surface area contributed by atoms with E-state index in [9.17, 15) is 14.9 Å². The van der Waals surface area contributed by atoms with Gasteiger partial charge in [0.05, 0.1) is 4.92 Å². The number of amides is 1. The highest BCUT2D eigenvalue weighted by Crippen LogP contribution is 2.23. The van der Waals surface area contributed by atoms with Crippen LogP contribution in [0, 0.1) is 10.1 Å². The zero-order valence-electron chi connectivity index (χ0n) is 13.6. The van der Waals surface area contributed by atoms with Crippen LogP contribution in [0.1, 0.15) is 38.5 Å². The molecule has 128 valence electrons. The number of carbonyl (C=O) groups is 1. The fourth-order valence-electron chi connectivity index (χ4n) is 3.26. The first-order valence-electron chi connectivity index (χ1n) is 8.44. The topological polar surface area (TPSA) is 88.4 Å². The summed E-state index contributed by atoms with van der Waals surface area (Å²) in [5.74, 6) is 0.805. The van der Waals surface area contributed by atoms with E-state index in [1.807, 2.05) is 4.90 Å². The number of allylic oxidation sites excluding steroid dienone is 1. The van der Waals surface area contributed by atoms with Crippen molar-refractivity contribution in [2.45, 2.75) is 44.6 Å². The molecule has 1 aliphatic carbocycles. The lowest BCUT2D eigenvalue weighted by Gasteiger charge is -2.19. The lowest BCUT2D eigenvalue weighted by molar-refractivity contribution is -0.385. The van der Waals surface area contributed by atoms with Crippen molar-refractivity contribution in [2.24, 2.45) is 0 Å². The van der Waals surface area contributed by atoms with Crippen LogP contribution in [0.3, 0.4) is 0 Å². The molecule has 0 spiro atoms. The summed E-state index contributed by atoms with van der Waals surface area (Å²) in [5, 5.41) is 13.9. The molecule has 7 heteroatoms. The number of anilines is 1. The Hall–Kier alpha value is -2.44. The highest BCUT2D eigenvalue weighted by atomic mass is 16.6. The van der Waals surface area contributed by atoms with E-state index in [2.05, 4.69) is 16.4 Å². The molecule has 1 aromatic heterocycles. The second-order valence-electron chi connectivity index (χ2n) is 6.41. The van der Waals surface area contributed by atoms with Crippen LogP contribution in [0.5, 0.6) is 0 Å². The van der Waals surface area contributed by atoms with Crippen molar-refractivity contribution < 1.29 is 9.72 Å². The van der Waals surface area contributed by atoms with Gasteiger partial charge < -0.3 is 10.2 Å². The Bertz CT molecular complexity index is 642. The SMILES string of the molecule is O=C(CC1=CCCCC1)N1CCC(Nc2ccc([N+](=O)[O-])cn2)C1. The quantitative estimate of drug-likeness (QED) is 0.509. The molecule has 0 radical (unpaired) electrons. The summed E-state index contributed by atoms with van der Waals surface area (Å²) in [5.41, 5.74) is 1.25. The van der Waals surface area contributed by atoms with Gasteiger partial charge in [0.25, 0.3) is 5.69 Å². The number of pyridine rings is 1. The van der Waals surface area contributed by atoms with Crippen molar-refractivity contribution in [3.05, 3.63) is 40.1 Å². The highest BCUT2D eigenvalue weighted by Gasteiger charge is 2.26. The smallest absolute Gasteiger partial charge is 0.287 e. The molecule has 1 fully saturated rings. The number of nitro groups is 1. The van der Waals surface area contributed by atoms with Crippen molar-refractivity contribution >= 4 is 17.4 Å². The van der Waals surface area contributed by atoms with Gasteiger partial charge in [0.2, 0.25) is 5.91 Å². The van der Waals surface area contributed by atoms with Crippen molar-refractivity contribution in [3.63, 3.8) is 0 Å². The zero-order chi connectivity index (χ0) is 16.9. The summed E-state index contributed by atoms with van der Waals surface area (Å²) in [6.45, 7) is 1.40. The van der Waals surface area contributed by atoms with Crippen LogP contribution in [0.2, 0.25) is 0 Å². The summed E-state index contributed by atoms with van der Waals surface area (Å²) < 4.78 is 0. The van der Waals surface area contributed by atoms with Crippen molar-refractivity contribution in [2.75, 3.05) is 18.4 Å². The van der Waals surface area contributed by atoms with Gasteiger partial charge in [-0.15, -0.1) is 0 Å². The van der Waals surface area contributed by atoms with Gasteiger partial charge in [-0.1, -0.05) is 11.6 Å². The van der Waals surface area contributed by atoms with Crippen LogP contribution >= 0.6 is 0 Å². The fraction of sp³-hybridized carbons (Fsp3) is 0.529. The van der Waals surface area contributed by atoms with Crippen LogP contribution in [0.4, 0.5) is 11.5 Å². The number of carbonyl (C=O) groups excluding carboxylic acids is 1. The number of hydrogen-bond donors (Lipinski definition) is 1. The van der Waals surface area contributed by atoms with Gasteiger partial charge in [0, 0.05) is 31.6 Å². The predicted molar refractivity (Wildman–Crippen MR) is 90.7 cm³/mol. The van der Waals surface area contributed by atoms with E-state index in [0.29, 0.717) is 18.8 Å². The lowest BCUT2D eigenvalue weighted by Crippen LogP contribution is -2.31. The van der Waals surface area contributed by atoms with Crippen molar-refractivity contribution in [1.29, 1.82) is 0 Å². The third-order valence-electron chi connectivity index (χ3n) is 4.61. The zero-order valence-corrected chi connectivity index (χ0v) is 13.6. The Balaban J connectivity index is 1.50. The largest absolute Gasteiger partial charge is 0.365 e. The van der Waals surface area contributed by atoms with E-state index in [4.69, 9.17) is 0 Å². The van der Waals surface area contributed by atoms with Crippen LogP contribution in [0.15, 0.2) is 30.0 Å². The average molecular weight is 330 g/mol. The summed E-state index contributed by atoms with van der Waals surface area (Å²) in [6, 6.07) is 3.18. The first kappa shape index (κ1) is 16.4. The van der Waals surface area contributed by atoms with Crippen LogP contribution in [0.25, 0.3) is 0 Å². The summed E-state index contributed by atoms with van der Waals surface area (Å²) in [4.78, 5) is 28.5. The lowest BCUT2D eigenvalue weighted by atomic mass is 9.97. The number of nitrogens with zero attached hydrogens (tertiary/aromatic N) is 3. The van der Waals surface area contributed by atoms with Gasteiger partial charge in [0.1, 0.15) is 12.0 Å². The van der Waals surface area contributed by atoms with E-state index >= 15 is 0 Å². The van der Waals surface area contributed by atoms with Crippen molar-refractivity contribution in [1.82, 2.24) is 9.88 Å². The Morgan fingerprint density at radius 2 is 2.29 bits per heavy atom. The average Bonchev–Trinajstić information content (AvgIpc) is 3.05. The molecule has 1 atom stereocenters. The van der Waals surface area contributed by atoms with E-state index in [1.165, 1.54) is 30.7 Å². The standard InChI is InChI=1S/C17H22N4O3/c22-17(10-13-4-2-1-3-5-13)20-9-8-14(12-20)19-16-7-6-15(11-18-16)21(23)24/h4,6-7,11,14H,1-3,5,8-10,12H2,(H,18,19). The van der Waals surface area contributed by atoms with E-state index in [0.717, 1.165) is 25.8 Å². The third-order valence-corrected chi connectivity index (χ3v) is 4.61. The van der Waals surface area contributed by atoms with Gasteiger partial charge in [-0.05, 0) is 38.2 Å². The molecule has 0 bridgehead atoms. The first-order valence-corrected chi connectivity index (χ1v) is 8.44. The van der Waals surface area contributed by atoms with Crippen LogP contribution in [-0.4, -0.2) is 39.8 Å². The number of hydrogen-bond acceptors (Lipinski definition) is 5. The van der Waals surface area contributed by atoms with Crippen LogP contribution < -0.4 is 5.32 Å². The maximum Gasteiger partial charge on any atom is 0.287 e. The normalized spacial score (nSPS) is 20.6. The molecular weight excluding hydrogens is 308 g/mol. The number of nitrogens with one attached hydrogen (secondary N) is 1. The van der Waals surface area contributed by atoms with Crippen LogP contribution in [-0.2, 0) is 4.79 Å². The first-order chi connectivity index (χ1) is 11.6. The Kier molecular flexibility index (Phi) is 5.08. The third kappa shape index (κ3) is 4.10. The minimum Gasteiger partial charge on any atom is -0.365 e. The molecule has 1 amide bonds. The molecule has 3 rings (SSSR count). The minimum absolute atomic E-state index is 0.0236. The predicted octanol–water partition coefficient (Wildman–Crippen LogP) is 2.89. The molecule has 1 aromatic rings. The summed E-state index contributed by atoms with van der Waals surface area (Å²) in [7, 11) is 0. The molecule has 1 aliphatic heterocycles. The second kappa shape index (κ2) is 7.42. The van der Waals surface area contributed by atoms with Gasteiger partial charge in [-0.2, -0.15) is 0 Å². The molecule has 7 nitrogen and oxygen atoms in total. The van der Waals surface area contributed by atoms with E-state index < -0.39 is 4.92 Å². The van der Waals surface area contributed by atoms with Crippen molar-refractivity contribution in [3.8, 4) is 0 Å². The van der Waals surface area contributed by atoms with E-state index in [-0.39, 0.29) is 17.6 Å². The van der Waals surface area contributed by atoms with Gasteiger partial charge in [-0.25, -0.2) is 4.98 Å². The number of likely N-dealkylation sites (tertiary alicyclic amines) is 1. The second-order valence-corrected chi connectivity index (χ2v) is 6.41. The summed E-state index contributed by atoms with van der Waals surface area (Å²) >= 11 is 0. The number of aromatic nitrogens is 1. The highest BCUT2D eigenvalue weighted by molar-refractivity contribution is 5.79. The Morgan fingerprint density at radius 3 is 2.96 bits per heavy atom. The molecule has 24 heavy (non-hydrogen) atoms. The molecule has 1 saturated heterocycles. The fourth-order valence-corrected chi connectivity index (χ4v) is 3.26. The molecular formula is C17H22N4O3. The molecule has 1 N–H and O–H groups in total. The molecule has 0 aromatic carbocycles. The molecule has 2 aliphatic rings. The molecule has 1 unspecified atom stereocenters. The van der Waals surface area contributed by atoms with Gasteiger partial charge in [-0.3, -0.25) is 14.9 Å². The summed E-state index contributed by atoms with van der Waals surface area (Å²) in [6.07, 6.45) is 9.44. The number of rotatable bonds is 5. The molecule has 2 heterocycles. The van der Waals surface area contributed by atoms with E-state index in [1.54, 1.807) is 6.07 Å².